The molecular weight excluding hydrogens is 283 g/mol. The first-order valence-electron chi connectivity index (χ1n) is 7.41. The summed E-state index contributed by atoms with van der Waals surface area (Å²) < 4.78 is 18.2. The molecule has 0 saturated carbocycles. The second kappa shape index (κ2) is 7.94. The van der Waals surface area contributed by atoms with Crippen molar-refractivity contribution >= 4 is 5.91 Å². The molecule has 1 atom stereocenters. The molecule has 0 spiro atoms. The van der Waals surface area contributed by atoms with Gasteiger partial charge in [-0.1, -0.05) is 6.92 Å². The number of amides is 1. The summed E-state index contributed by atoms with van der Waals surface area (Å²) in [6.07, 6.45) is 0.863. The molecule has 0 aromatic heterocycles. The van der Waals surface area contributed by atoms with E-state index in [2.05, 4.69) is 5.32 Å². The highest BCUT2D eigenvalue weighted by Gasteiger charge is 2.18. The van der Waals surface area contributed by atoms with Crippen LogP contribution in [0.2, 0.25) is 0 Å². The van der Waals surface area contributed by atoms with Gasteiger partial charge in [-0.05, 0) is 51.5 Å². The van der Waals surface area contributed by atoms with Crippen molar-refractivity contribution in [3.8, 4) is 5.75 Å². The maximum Gasteiger partial charge on any atom is 0.251 e. The van der Waals surface area contributed by atoms with E-state index in [9.17, 15) is 9.18 Å². The van der Waals surface area contributed by atoms with Gasteiger partial charge in [0.1, 0.15) is 11.9 Å². The average Bonchev–Trinajstić information content (AvgIpc) is 2.48. The van der Waals surface area contributed by atoms with Crippen LogP contribution < -0.4 is 15.8 Å². The Hall–Kier alpha value is -1.88. The fourth-order valence-corrected chi connectivity index (χ4v) is 1.73. The van der Waals surface area contributed by atoms with Gasteiger partial charge in [-0.2, -0.15) is 0 Å². The molecule has 5 heteroatoms. The van der Waals surface area contributed by atoms with Crippen molar-refractivity contribution in [1.29, 1.82) is 0 Å². The van der Waals surface area contributed by atoms with Crippen LogP contribution in [-0.4, -0.2) is 24.1 Å². The lowest BCUT2D eigenvalue weighted by atomic mass is 10.0. The zero-order valence-electron chi connectivity index (χ0n) is 13.7. The van der Waals surface area contributed by atoms with Gasteiger partial charge in [-0.15, -0.1) is 0 Å². The van der Waals surface area contributed by atoms with Crippen LogP contribution in [0.1, 0.15) is 44.5 Å². The lowest BCUT2D eigenvalue weighted by Crippen LogP contribution is -2.42. The van der Waals surface area contributed by atoms with Gasteiger partial charge in [-0.25, -0.2) is 4.39 Å². The molecule has 0 saturated heterocycles. The molecule has 22 heavy (non-hydrogen) atoms. The smallest absolute Gasteiger partial charge is 0.251 e. The van der Waals surface area contributed by atoms with Gasteiger partial charge in [0.2, 0.25) is 0 Å². The van der Waals surface area contributed by atoms with E-state index in [0.717, 1.165) is 6.42 Å². The highest BCUT2D eigenvalue weighted by Crippen LogP contribution is 2.17. The summed E-state index contributed by atoms with van der Waals surface area (Å²) in [7, 11) is 0. The van der Waals surface area contributed by atoms with Crippen LogP contribution in [0.25, 0.3) is 0 Å². The van der Waals surface area contributed by atoms with E-state index in [0.29, 0.717) is 23.2 Å². The van der Waals surface area contributed by atoms with Crippen LogP contribution in [0.15, 0.2) is 36.2 Å². The molecule has 0 radical (unpaired) electrons. The number of carbonyl (C=O) groups excluding carboxylic acids is 1. The fourth-order valence-electron chi connectivity index (χ4n) is 1.73. The number of hydrogen-bond acceptors (Lipinski definition) is 3. The molecule has 122 valence electrons. The summed E-state index contributed by atoms with van der Waals surface area (Å²) in [5.74, 6) is 0.435. The second-order valence-electron chi connectivity index (χ2n) is 5.86. The number of rotatable bonds is 7. The quantitative estimate of drug-likeness (QED) is 0.813. The molecule has 0 aliphatic rings. The van der Waals surface area contributed by atoms with E-state index in [1.165, 1.54) is 0 Å². The molecule has 1 aromatic rings. The predicted molar refractivity (Wildman–Crippen MR) is 86.6 cm³/mol. The van der Waals surface area contributed by atoms with Crippen LogP contribution in [-0.2, 0) is 0 Å². The number of hydrogen-bond donors (Lipinski definition) is 2. The fraction of sp³-hybridized carbons (Fsp3) is 0.471. The number of halogens is 1. The second-order valence-corrected chi connectivity index (χ2v) is 5.86. The first-order valence-corrected chi connectivity index (χ1v) is 7.41. The number of benzene rings is 1. The number of ether oxygens (including phenoxy) is 1. The molecule has 0 heterocycles. The third kappa shape index (κ3) is 5.15. The largest absolute Gasteiger partial charge is 0.486 e. The van der Waals surface area contributed by atoms with Crippen LogP contribution in [0, 0.1) is 0 Å². The van der Waals surface area contributed by atoms with E-state index >= 15 is 0 Å². The molecule has 0 aliphatic carbocycles. The van der Waals surface area contributed by atoms with Gasteiger partial charge in [0, 0.05) is 23.2 Å². The van der Waals surface area contributed by atoms with Crippen molar-refractivity contribution in [2.75, 3.05) is 6.54 Å². The van der Waals surface area contributed by atoms with Gasteiger partial charge < -0.3 is 15.8 Å². The monoisotopic (exact) mass is 308 g/mol. The summed E-state index contributed by atoms with van der Waals surface area (Å²) >= 11 is 0. The summed E-state index contributed by atoms with van der Waals surface area (Å²) in [4.78, 5) is 12.1. The Labute approximate surface area is 131 Å². The van der Waals surface area contributed by atoms with E-state index in [1.54, 1.807) is 31.2 Å². The van der Waals surface area contributed by atoms with Crippen molar-refractivity contribution in [3.05, 3.63) is 41.7 Å². The Balaban J connectivity index is 2.73. The lowest BCUT2D eigenvalue weighted by molar-refractivity contribution is 0.0911. The maximum absolute atomic E-state index is 12.6. The van der Waals surface area contributed by atoms with E-state index in [1.807, 2.05) is 20.8 Å². The Bertz CT molecular complexity index is 524. The van der Waals surface area contributed by atoms with Gasteiger partial charge in [0.15, 0.2) is 0 Å². The summed E-state index contributed by atoms with van der Waals surface area (Å²) in [6.45, 7) is 7.79. The van der Waals surface area contributed by atoms with E-state index in [4.69, 9.17) is 10.5 Å². The molecule has 3 N–H and O–H groups in total. The molecular formula is C17H25FN2O2. The molecule has 1 aromatic carbocycles. The van der Waals surface area contributed by atoms with Crippen molar-refractivity contribution in [2.24, 2.45) is 5.73 Å². The molecule has 0 bridgehead atoms. The third-order valence-electron chi connectivity index (χ3n) is 3.66. The molecule has 1 amide bonds. The Morgan fingerprint density at radius 1 is 1.41 bits per heavy atom. The summed E-state index contributed by atoms with van der Waals surface area (Å²) in [5, 5.41) is 2.96. The van der Waals surface area contributed by atoms with Crippen molar-refractivity contribution in [1.82, 2.24) is 5.32 Å². The standard InChI is InChI=1S/C17H25FN2O2/c1-5-17(3,4)20-16(21)13-6-8-15(9-7-13)22-12(2)14(10-18)11-19/h6-10,12H,5,11,19H2,1-4H3,(H,20,21)/b14-10+. The average molecular weight is 308 g/mol. The van der Waals surface area contributed by atoms with Crippen LogP contribution in [0.3, 0.4) is 0 Å². The van der Waals surface area contributed by atoms with Crippen molar-refractivity contribution < 1.29 is 13.9 Å². The third-order valence-corrected chi connectivity index (χ3v) is 3.66. The van der Waals surface area contributed by atoms with Crippen LogP contribution in [0.4, 0.5) is 4.39 Å². The minimum Gasteiger partial charge on any atom is -0.486 e. The SMILES string of the molecule is CCC(C)(C)NC(=O)c1ccc(OC(C)/C(=C/F)CN)cc1. The first kappa shape index (κ1) is 18.2. The highest BCUT2D eigenvalue weighted by molar-refractivity contribution is 5.94. The normalized spacial score (nSPS) is 13.6. The predicted octanol–water partition coefficient (Wildman–Crippen LogP) is 3.18. The minimum absolute atomic E-state index is 0.101. The van der Waals surface area contributed by atoms with Crippen molar-refractivity contribution in [2.45, 2.75) is 45.8 Å². The Morgan fingerprint density at radius 2 is 2.00 bits per heavy atom. The number of nitrogens with two attached hydrogens (primary N) is 1. The number of carbonyl (C=O) groups is 1. The highest BCUT2D eigenvalue weighted by atomic mass is 19.1. The van der Waals surface area contributed by atoms with Gasteiger partial charge in [0.05, 0.1) is 6.33 Å². The summed E-state index contributed by atoms with van der Waals surface area (Å²) in [6, 6.07) is 6.75. The Kier molecular flexibility index (Phi) is 6.56. The first-order chi connectivity index (χ1) is 10.3. The molecule has 0 fully saturated rings. The van der Waals surface area contributed by atoms with Gasteiger partial charge in [-0.3, -0.25) is 4.79 Å². The zero-order chi connectivity index (χ0) is 16.8. The number of nitrogens with one attached hydrogen (secondary N) is 1. The maximum atomic E-state index is 12.6. The van der Waals surface area contributed by atoms with Crippen LogP contribution in [0.5, 0.6) is 5.75 Å². The van der Waals surface area contributed by atoms with Crippen LogP contribution >= 0.6 is 0 Å². The molecule has 4 nitrogen and oxygen atoms in total. The zero-order valence-corrected chi connectivity index (χ0v) is 13.7. The molecule has 0 aliphatic heterocycles. The van der Waals surface area contributed by atoms with E-state index < -0.39 is 6.10 Å². The Morgan fingerprint density at radius 3 is 2.45 bits per heavy atom. The van der Waals surface area contributed by atoms with Crippen molar-refractivity contribution in [3.63, 3.8) is 0 Å². The topological polar surface area (TPSA) is 64.3 Å². The molecule has 1 rings (SSSR count). The summed E-state index contributed by atoms with van der Waals surface area (Å²) in [5.41, 5.74) is 6.12. The molecule has 1 unspecified atom stereocenters. The van der Waals surface area contributed by atoms with E-state index in [-0.39, 0.29) is 18.0 Å². The lowest BCUT2D eigenvalue weighted by Gasteiger charge is -2.24. The minimum atomic E-state index is -0.450. The van der Waals surface area contributed by atoms with Gasteiger partial charge >= 0.3 is 0 Å². The van der Waals surface area contributed by atoms with Gasteiger partial charge in [0.25, 0.3) is 5.91 Å².